The van der Waals surface area contributed by atoms with Crippen molar-refractivity contribution in [3.05, 3.63) is 23.5 Å². The van der Waals surface area contributed by atoms with Crippen LogP contribution in [0.15, 0.2) is 23.2 Å². The molecule has 0 fully saturated rings. The fraction of sp³-hybridized carbons (Fsp3) is 0.500. The molecule has 8 heteroatoms. The SMILES string of the molecule is CN(CC(=O)NC(C)(C)C)S(=O)(=O)c1ccc(Cl)nc1. The Balaban J connectivity index is 2.83. The maximum Gasteiger partial charge on any atom is 0.244 e. The Hall–Kier alpha value is -1.18. The summed E-state index contributed by atoms with van der Waals surface area (Å²) in [7, 11) is -2.42. The Morgan fingerprint density at radius 1 is 1.40 bits per heavy atom. The molecule has 0 aliphatic heterocycles. The highest BCUT2D eigenvalue weighted by atomic mass is 35.5. The number of aromatic nitrogens is 1. The van der Waals surface area contributed by atoms with Crippen LogP contribution in [-0.4, -0.2) is 42.7 Å². The van der Waals surface area contributed by atoms with Gasteiger partial charge in [-0.2, -0.15) is 4.31 Å². The second kappa shape index (κ2) is 6.07. The van der Waals surface area contributed by atoms with E-state index in [1.807, 2.05) is 20.8 Å². The van der Waals surface area contributed by atoms with Crippen molar-refractivity contribution in [2.45, 2.75) is 31.2 Å². The third-order valence-corrected chi connectivity index (χ3v) is 4.30. The number of carbonyl (C=O) groups is 1. The van der Waals surface area contributed by atoms with E-state index in [9.17, 15) is 13.2 Å². The van der Waals surface area contributed by atoms with Crippen LogP contribution in [-0.2, 0) is 14.8 Å². The predicted molar refractivity (Wildman–Crippen MR) is 77.0 cm³/mol. The second-order valence-electron chi connectivity index (χ2n) is 5.38. The number of nitrogens with one attached hydrogen (secondary N) is 1. The highest BCUT2D eigenvalue weighted by Crippen LogP contribution is 2.15. The van der Waals surface area contributed by atoms with Crippen molar-refractivity contribution in [3.63, 3.8) is 0 Å². The van der Waals surface area contributed by atoms with E-state index in [0.717, 1.165) is 10.5 Å². The van der Waals surface area contributed by atoms with Crippen molar-refractivity contribution in [2.75, 3.05) is 13.6 Å². The highest BCUT2D eigenvalue weighted by molar-refractivity contribution is 7.89. The maximum atomic E-state index is 12.2. The molecule has 0 saturated heterocycles. The number of hydrogen-bond donors (Lipinski definition) is 1. The molecular formula is C12H18ClN3O3S. The minimum Gasteiger partial charge on any atom is -0.350 e. The van der Waals surface area contributed by atoms with Crippen molar-refractivity contribution in [2.24, 2.45) is 0 Å². The molecule has 0 unspecified atom stereocenters. The summed E-state index contributed by atoms with van der Waals surface area (Å²) in [6.07, 6.45) is 1.16. The number of carbonyl (C=O) groups excluding carboxylic acids is 1. The summed E-state index contributed by atoms with van der Waals surface area (Å²) in [6.45, 7) is 5.20. The van der Waals surface area contributed by atoms with Gasteiger partial charge in [0, 0.05) is 18.8 Å². The third-order valence-electron chi connectivity index (χ3n) is 2.29. The quantitative estimate of drug-likeness (QED) is 0.848. The van der Waals surface area contributed by atoms with E-state index < -0.39 is 15.6 Å². The summed E-state index contributed by atoms with van der Waals surface area (Å²) in [5.41, 5.74) is -0.413. The molecule has 0 radical (unpaired) electrons. The van der Waals surface area contributed by atoms with E-state index in [1.54, 1.807) is 0 Å². The van der Waals surface area contributed by atoms with Gasteiger partial charge in [-0.05, 0) is 32.9 Å². The van der Waals surface area contributed by atoms with Crippen molar-refractivity contribution in [3.8, 4) is 0 Å². The standard InChI is InChI=1S/C12H18ClN3O3S/c1-12(2,3)15-11(17)8-16(4)20(18,19)9-5-6-10(13)14-7-9/h5-7H,8H2,1-4H3,(H,15,17). The summed E-state index contributed by atoms with van der Waals surface area (Å²) < 4.78 is 25.4. The number of likely N-dealkylation sites (N-methyl/N-ethyl adjacent to an activating group) is 1. The van der Waals surface area contributed by atoms with Crippen LogP contribution in [0.4, 0.5) is 0 Å². The van der Waals surface area contributed by atoms with Gasteiger partial charge in [-0.15, -0.1) is 0 Å². The minimum absolute atomic E-state index is 0.00652. The van der Waals surface area contributed by atoms with Crippen LogP contribution in [0.25, 0.3) is 0 Å². The molecule has 0 spiro atoms. The Kier molecular flexibility index (Phi) is 5.12. The summed E-state index contributed by atoms with van der Waals surface area (Å²) >= 11 is 5.61. The smallest absolute Gasteiger partial charge is 0.244 e. The summed E-state index contributed by atoms with van der Waals surface area (Å²) in [6, 6.07) is 2.74. The molecule has 0 saturated carbocycles. The van der Waals surface area contributed by atoms with Crippen LogP contribution in [0.3, 0.4) is 0 Å². The third kappa shape index (κ3) is 4.73. The van der Waals surface area contributed by atoms with Gasteiger partial charge in [-0.1, -0.05) is 11.6 Å². The molecule has 0 aliphatic rings. The van der Waals surface area contributed by atoms with E-state index in [2.05, 4.69) is 10.3 Å². The lowest BCUT2D eigenvalue weighted by atomic mass is 10.1. The predicted octanol–water partition coefficient (Wildman–Crippen LogP) is 1.27. The van der Waals surface area contributed by atoms with E-state index in [0.29, 0.717) is 0 Å². The number of sulfonamides is 1. The van der Waals surface area contributed by atoms with Gasteiger partial charge in [0.05, 0.1) is 6.54 Å². The molecule has 0 aromatic carbocycles. The van der Waals surface area contributed by atoms with Crippen LogP contribution in [0.5, 0.6) is 0 Å². The lowest BCUT2D eigenvalue weighted by Gasteiger charge is -2.23. The summed E-state index contributed by atoms with van der Waals surface area (Å²) in [5, 5.41) is 2.91. The monoisotopic (exact) mass is 319 g/mol. The van der Waals surface area contributed by atoms with Gasteiger partial charge >= 0.3 is 0 Å². The number of rotatable bonds is 4. The van der Waals surface area contributed by atoms with Crippen LogP contribution in [0, 0.1) is 0 Å². The Morgan fingerprint density at radius 2 is 2.00 bits per heavy atom. The molecule has 1 heterocycles. The van der Waals surface area contributed by atoms with E-state index >= 15 is 0 Å². The van der Waals surface area contributed by atoms with Crippen molar-refractivity contribution >= 4 is 27.5 Å². The van der Waals surface area contributed by atoms with Gasteiger partial charge < -0.3 is 5.32 Å². The van der Waals surface area contributed by atoms with Crippen LogP contribution in [0.1, 0.15) is 20.8 Å². The summed E-state index contributed by atoms with van der Waals surface area (Å²) in [5.74, 6) is -0.370. The molecule has 1 aromatic heterocycles. The zero-order valence-electron chi connectivity index (χ0n) is 11.8. The van der Waals surface area contributed by atoms with Gasteiger partial charge in [0.15, 0.2) is 0 Å². The van der Waals surface area contributed by atoms with Crippen LogP contribution in [0.2, 0.25) is 5.15 Å². The minimum atomic E-state index is -3.76. The number of halogens is 1. The number of nitrogens with zero attached hydrogens (tertiary/aromatic N) is 2. The molecule has 20 heavy (non-hydrogen) atoms. The molecule has 0 aliphatic carbocycles. The topological polar surface area (TPSA) is 79.4 Å². The lowest BCUT2D eigenvalue weighted by molar-refractivity contribution is -0.122. The largest absolute Gasteiger partial charge is 0.350 e. The fourth-order valence-corrected chi connectivity index (χ4v) is 2.62. The fourth-order valence-electron chi connectivity index (χ4n) is 1.44. The molecular weight excluding hydrogens is 302 g/mol. The molecule has 0 atom stereocenters. The molecule has 1 amide bonds. The van der Waals surface area contributed by atoms with Gasteiger partial charge in [-0.25, -0.2) is 13.4 Å². The zero-order valence-corrected chi connectivity index (χ0v) is 13.4. The maximum absolute atomic E-state index is 12.2. The first-order valence-electron chi connectivity index (χ1n) is 5.91. The first-order valence-corrected chi connectivity index (χ1v) is 7.73. The van der Waals surface area contributed by atoms with Crippen molar-refractivity contribution < 1.29 is 13.2 Å². The Morgan fingerprint density at radius 3 is 2.45 bits per heavy atom. The molecule has 1 rings (SSSR count). The average Bonchev–Trinajstić information content (AvgIpc) is 2.26. The number of hydrogen-bond acceptors (Lipinski definition) is 4. The highest BCUT2D eigenvalue weighted by Gasteiger charge is 2.24. The zero-order chi connectivity index (χ0) is 15.6. The second-order valence-corrected chi connectivity index (χ2v) is 7.81. The van der Waals surface area contributed by atoms with Crippen molar-refractivity contribution in [1.29, 1.82) is 0 Å². The van der Waals surface area contributed by atoms with Gasteiger partial charge in [0.2, 0.25) is 15.9 Å². The van der Waals surface area contributed by atoms with E-state index in [-0.39, 0.29) is 22.5 Å². The van der Waals surface area contributed by atoms with Crippen LogP contribution < -0.4 is 5.32 Å². The first kappa shape index (κ1) is 16.9. The average molecular weight is 320 g/mol. The first-order chi connectivity index (χ1) is 9.02. The number of pyridine rings is 1. The Bertz CT molecular complexity index is 579. The number of amides is 1. The summed E-state index contributed by atoms with van der Waals surface area (Å²) in [4.78, 5) is 15.5. The Labute approximate surface area is 124 Å². The van der Waals surface area contributed by atoms with Crippen molar-refractivity contribution in [1.82, 2.24) is 14.6 Å². The molecule has 1 N–H and O–H groups in total. The van der Waals surface area contributed by atoms with E-state index in [1.165, 1.54) is 19.2 Å². The molecule has 0 bridgehead atoms. The van der Waals surface area contributed by atoms with Gasteiger partial charge in [-0.3, -0.25) is 4.79 Å². The molecule has 112 valence electrons. The van der Waals surface area contributed by atoms with Gasteiger partial charge in [0.25, 0.3) is 0 Å². The van der Waals surface area contributed by atoms with E-state index in [4.69, 9.17) is 11.6 Å². The van der Waals surface area contributed by atoms with Gasteiger partial charge in [0.1, 0.15) is 10.0 Å². The molecule has 1 aromatic rings. The normalized spacial score (nSPS) is 12.5. The molecule has 6 nitrogen and oxygen atoms in total. The van der Waals surface area contributed by atoms with Crippen LogP contribution >= 0.6 is 11.6 Å². The lowest BCUT2D eigenvalue weighted by Crippen LogP contribution is -2.46.